The quantitative estimate of drug-likeness (QED) is 0.792. The second-order valence-corrected chi connectivity index (χ2v) is 4.64. The zero-order chi connectivity index (χ0) is 13.6. The molecule has 0 aliphatic heterocycles. The molecule has 3 nitrogen and oxygen atoms in total. The number of alkyl halides is 3. The van der Waals surface area contributed by atoms with Crippen LogP contribution in [0.2, 0.25) is 0 Å². The molecule has 1 aliphatic rings. The summed E-state index contributed by atoms with van der Waals surface area (Å²) in [5.74, 6) is -1.72. The van der Waals surface area contributed by atoms with Crippen molar-refractivity contribution in [3.8, 4) is 6.07 Å². The van der Waals surface area contributed by atoms with E-state index in [1.165, 1.54) is 0 Å². The molecule has 6 heteroatoms. The summed E-state index contributed by atoms with van der Waals surface area (Å²) in [4.78, 5) is 11.6. The summed E-state index contributed by atoms with van der Waals surface area (Å²) in [5, 5.41) is 11.0. The molecule has 0 aromatic carbocycles. The number of carbonyl (C=O) groups excluding carboxylic acids is 1. The number of nitrogens with one attached hydrogen (secondary N) is 1. The average Bonchev–Trinajstić information content (AvgIpc) is 2.33. The van der Waals surface area contributed by atoms with Gasteiger partial charge in [-0.15, -0.1) is 0 Å². The van der Waals surface area contributed by atoms with Crippen LogP contribution in [-0.4, -0.2) is 18.6 Å². The highest BCUT2D eigenvalue weighted by atomic mass is 19.4. The normalized spacial score (nSPS) is 24.3. The van der Waals surface area contributed by atoms with Crippen LogP contribution >= 0.6 is 0 Å². The lowest BCUT2D eigenvalue weighted by atomic mass is 9.81. The standard InChI is InChI=1S/C12H17F3N2O/c13-12(14,15)10-5-3-9(4-6-10)11(18)17-8-2-1-7-16/h9-10H,1-6,8H2,(H,17,18). The Balaban J connectivity index is 2.26. The molecule has 1 N–H and O–H groups in total. The van der Waals surface area contributed by atoms with Gasteiger partial charge in [0.2, 0.25) is 5.91 Å². The van der Waals surface area contributed by atoms with E-state index in [4.69, 9.17) is 5.26 Å². The summed E-state index contributed by atoms with van der Waals surface area (Å²) < 4.78 is 37.3. The number of nitrogens with zero attached hydrogens (tertiary/aromatic N) is 1. The van der Waals surface area contributed by atoms with Crippen molar-refractivity contribution in [1.29, 1.82) is 5.26 Å². The third-order valence-electron chi connectivity index (χ3n) is 3.33. The molecule has 1 saturated carbocycles. The van der Waals surface area contributed by atoms with Gasteiger partial charge in [0.1, 0.15) is 0 Å². The second kappa shape index (κ2) is 6.62. The molecule has 0 bridgehead atoms. The molecule has 0 unspecified atom stereocenters. The maximum Gasteiger partial charge on any atom is 0.391 e. The molecule has 102 valence electrons. The zero-order valence-corrected chi connectivity index (χ0v) is 10.1. The van der Waals surface area contributed by atoms with Crippen molar-refractivity contribution in [1.82, 2.24) is 5.32 Å². The fourth-order valence-corrected chi connectivity index (χ4v) is 2.21. The van der Waals surface area contributed by atoms with Gasteiger partial charge in [-0.1, -0.05) is 0 Å². The molecule has 0 saturated heterocycles. The van der Waals surface area contributed by atoms with Crippen LogP contribution in [-0.2, 0) is 4.79 Å². The maximum absolute atomic E-state index is 12.4. The molecule has 0 aromatic heterocycles. The van der Waals surface area contributed by atoms with Gasteiger partial charge in [-0.05, 0) is 32.1 Å². The first-order valence-electron chi connectivity index (χ1n) is 6.16. The molecule has 0 spiro atoms. The number of hydrogen-bond donors (Lipinski definition) is 1. The third kappa shape index (κ3) is 4.55. The van der Waals surface area contributed by atoms with E-state index in [1.807, 2.05) is 6.07 Å². The molecular weight excluding hydrogens is 245 g/mol. The predicted molar refractivity (Wildman–Crippen MR) is 59.4 cm³/mol. The minimum atomic E-state index is -4.13. The minimum Gasteiger partial charge on any atom is -0.356 e. The van der Waals surface area contributed by atoms with Crippen molar-refractivity contribution in [3.63, 3.8) is 0 Å². The maximum atomic E-state index is 12.4. The molecule has 18 heavy (non-hydrogen) atoms. The molecule has 1 aliphatic carbocycles. The highest BCUT2D eigenvalue weighted by molar-refractivity contribution is 5.78. The summed E-state index contributed by atoms with van der Waals surface area (Å²) in [6, 6.07) is 1.97. The molecule has 0 heterocycles. The van der Waals surface area contributed by atoms with E-state index >= 15 is 0 Å². The Hall–Kier alpha value is -1.25. The lowest BCUT2D eigenvalue weighted by molar-refractivity contribution is -0.184. The van der Waals surface area contributed by atoms with Crippen molar-refractivity contribution in [2.45, 2.75) is 44.7 Å². The van der Waals surface area contributed by atoms with Gasteiger partial charge in [0.05, 0.1) is 12.0 Å². The molecule has 0 radical (unpaired) electrons. The van der Waals surface area contributed by atoms with Crippen molar-refractivity contribution in [2.24, 2.45) is 11.8 Å². The van der Waals surface area contributed by atoms with Crippen LogP contribution in [0.5, 0.6) is 0 Å². The van der Waals surface area contributed by atoms with Crippen molar-refractivity contribution in [2.75, 3.05) is 6.54 Å². The predicted octanol–water partition coefficient (Wildman–Crippen LogP) is 2.78. The number of amides is 1. The Labute approximate surface area is 104 Å². The Morgan fingerprint density at radius 2 is 1.89 bits per heavy atom. The number of nitriles is 1. The van der Waals surface area contributed by atoms with Crippen LogP contribution in [0.3, 0.4) is 0 Å². The highest BCUT2D eigenvalue weighted by Crippen LogP contribution is 2.39. The molecule has 1 amide bonds. The molecular formula is C12H17F3N2O. The Bertz CT molecular complexity index is 314. The van der Waals surface area contributed by atoms with E-state index in [-0.39, 0.29) is 24.7 Å². The SMILES string of the molecule is N#CCCCNC(=O)C1CCC(C(F)(F)F)CC1. The Morgan fingerprint density at radius 3 is 2.39 bits per heavy atom. The first kappa shape index (κ1) is 14.8. The largest absolute Gasteiger partial charge is 0.391 e. The van der Waals surface area contributed by atoms with Crippen LogP contribution in [0.1, 0.15) is 38.5 Å². The molecule has 1 rings (SSSR count). The van der Waals surface area contributed by atoms with E-state index in [2.05, 4.69) is 5.32 Å². The third-order valence-corrected chi connectivity index (χ3v) is 3.33. The van der Waals surface area contributed by atoms with Crippen molar-refractivity contribution >= 4 is 5.91 Å². The van der Waals surface area contributed by atoms with Gasteiger partial charge in [-0.25, -0.2) is 0 Å². The van der Waals surface area contributed by atoms with Crippen LogP contribution in [0, 0.1) is 23.2 Å². The van der Waals surface area contributed by atoms with Crippen LogP contribution in [0.25, 0.3) is 0 Å². The van der Waals surface area contributed by atoms with Crippen molar-refractivity contribution < 1.29 is 18.0 Å². The van der Waals surface area contributed by atoms with Crippen molar-refractivity contribution in [3.05, 3.63) is 0 Å². The highest BCUT2D eigenvalue weighted by Gasteiger charge is 2.42. The zero-order valence-electron chi connectivity index (χ0n) is 10.1. The number of hydrogen-bond acceptors (Lipinski definition) is 2. The summed E-state index contributed by atoms with van der Waals surface area (Å²) in [6.07, 6.45) is -2.49. The Kier molecular flexibility index (Phi) is 5.45. The summed E-state index contributed by atoms with van der Waals surface area (Å²) in [5.41, 5.74) is 0. The lowest BCUT2D eigenvalue weighted by Crippen LogP contribution is -2.36. The average molecular weight is 262 g/mol. The van der Waals surface area contributed by atoms with Gasteiger partial charge >= 0.3 is 6.18 Å². The summed E-state index contributed by atoms with van der Waals surface area (Å²) >= 11 is 0. The van der Waals surface area contributed by atoms with Crippen LogP contribution in [0.15, 0.2) is 0 Å². The molecule has 0 aromatic rings. The van der Waals surface area contributed by atoms with Gasteiger partial charge in [0, 0.05) is 18.9 Å². The van der Waals surface area contributed by atoms with Gasteiger partial charge in [0.25, 0.3) is 0 Å². The van der Waals surface area contributed by atoms with Gasteiger partial charge < -0.3 is 5.32 Å². The fraction of sp³-hybridized carbons (Fsp3) is 0.833. The first-order chi connectivity index (χ1) is 8.45. The number of carbonyl (C=O) groups is 1. The number of rotatable bonds is 4. The molecule has 1 fully saturated rings. The van der Waals surface area contributed by atoms with Gasteiger partial charge in [0.15, 0.2) is 0 Å². The Morgan fingerprint density at radius 1 is 1.28 bits per heavy atom. The topological polar surface area (TPSA) is 52.9 Å². The van der Waals surface area contributed by atoms with E-state index < -0.39 is 12.1 Å². The second-order valence-electron chi connectivity index (χ2n) is 4.64. The number of unbranched alkanes of at least 4 members (excludes halogenated alkanes) is 1. The van der Waals surface area contributed by atoms with Gasteiger partial charge in [-0.2, -0.15) is 18.4 Å². The minimum absolute atomic E-state index is 0.0415. The van der Waals surface area contributed by atoms with E-state index in [9.17, 15) is 18.0 Å². The molecule has 0 atom stereocenters. The number of halogens is 3. The van der Waals surface area contributed by atoms with Crippen LogP contribution in [0.4, 0.5) is 13.2 Å². The summed E-state index contributed by atoms with van der Waals surface area (Å²) in [6.45, 7) is 0.422. The first-order valence-corrected chi connectivity index (χ1v) is 6.16. The smallest absolute Gasteiger partial charge is 0.356 e. The lowest BCUT2D eigenvalue weighted by Gasteiger charge is -2.29. The van der Waals surface area contributed by atoms with E-state index in [0.29, 0.717) is 32.2 Å². The van der Waals surface area contributed by atoms with E-state index in [1.54, 1.807) is 0 Å². The summed E-state index contributed by atoms with van der Waals surface area (Å²) in [7, 11) is 0. The van der Waals surface area contributed by atoms with Gasteiger partial charge in [-0.3, -0.25) is 4.79 Å². The van der Waals surface area contributed by atoms with Crippen LogP contribution < -0.4 is 5.32 Å². The fourth-order valence-electron chi connectivity index (χ4n) is 2.21. The monoisotopic (exact) mass is 262 g/mol. The van der Waals surface area contributed by atoms with E-state index in [0.717, 1.165) is 0 Å².